The highest BCUT2D eigenvalue weighted by Gasteiger charge is 2.16. The minimum absolute atomic E-state index is 0.108. The average molecular weight is 335 g/mol. The fraction of sp³-hybridized carbons (Fsp3) is 0.231. The van der Waals surface area contributed by atoms with Gasteiger partial charge in [-0.15, -0.1) is 11.3 Å². The summed E-state index contributed by atoms with van der Waals surface area (Å²) in [5, 5.41) is 4.83. The lowest BCUT2D eigenvalue weighted by Gasteiger charge is -2.10. The lowest BCUT2D eigenvalue weighted by Crippen LogP contribution is -2.30. The van der Waals surface area contributed by atoms with Crippen molar-refractivity contribution in [3.8, 4) is 0 Å². The average Bonchev–Trinajstić information content (AvgIpc) is 3.15. The van der Waals surface area contributed by atoms with Crippen molar-refractivity contribution < 1.29 is 4.79 Å². The Morgan fingerprint density at radius 3 is 3.18 bits per heavy atom. The van der Waals surface area contributed by atoms with E-state index in [1.54, 1.807) is 18.3 Å². The van der Waals surface area contributed by atoms with Gasteiger partial charge in [0.15, 0.2) is 16.3 Å². The summed E-state index contributed by atoms with van der Waals surface area (Å²) >= 11 is 2.78. The molecule has 3 aromatic heterocycles. The lowest BCUT2D eigenvalue weighted by atomic mass is 10.4. The molecule has 0 saturated carbocycles. The molecule has 1 amide bonds. The molecule has 3 rings (SSSR count). The van der Waals surface area contributed by atoms with Crippen LogP contribution in [0.2, 0.25) is 0 Å². The fourth-order valence-corrected chi connectivity index (χ4v) is 3.29. The normalized spacial score (nSPS) is 12.4. The van der Waals surface area contributed by atoms with E-state index in [4.69, 9.17) is 0 Å². The first kappa shape index (κ1) is 14.8. The minimum Gasteiger partial charge on any atom is -0.350 e. The van der Waals surface area contributed by atoms with Crippen molar-refractivity contribution >= 4 is 40.2 Å². The molecule has 0 spiro atoms. The second kappa shape index (κ2) is 6.32. The number of thiophene rings is 1. The van der Waals surface area contributed by atoms with Crippen molar-refractivity contribution in [2.45, 2.75) is 23.9 Å². The largest absolute Gasteiger partial charge is 0.350 e. The number of amides is 1. The Labute approximate surface area is 133 Å². The Morgan fingerprint density at radius 2 is 2.41 bits per heavy atom. The molecular weight excluding hydrogens is 322 g/mol. The maximum Gasteiger partial charge on any atom is 0.277 e. The zero-order valence-electron chi connectivity index (χ0n) is 11.6. The van der Waals surface area contributed by atoms with E-state index in [9.17, 15) is 9.59 Å². The first-order chi connectivity index (χ1) is 10.6. The molecular formula is C13H13N5O2S2. The molecule has 0 radical (unpaired) electrons. The van der Waals surface area contributed by atoms with E-state index < -0.39 is 0 Å². The van der Waals surface area contributed by atoms with Crippen LogP contribution in [0.1, 0.15) is 11.8 Å². The van der Waals surface area contributed by atoms with Gasteiger partial charge in [-0.25, -0.2) is 9.97 Å². The molecule has 3 N–H and O–H groups in total. The van der Waals surface area contributed by atoms with Crippen molar-refractivity contribution in [2.75, 3.05) is 0 Å². The summed E-state index contributed by atoms with van der Waals surface area (Å²) in [5.74, 6) is -0.108. The molecule has 0 aliphatic heterocycles. The highest BCUT2D eigenvalue weighted by Crippen LogP contribution is 2.19. The van der Waals surface area contributed by atoms with Gasteiger partial charge >= 0.3 is 0 Å². The third-order valence-electron chi connectivity index (χ3n) is 2.95. The summed E-state index contributed by atoms with van der Waals surface area (Å²) in [6.45, 7) is 2.27. The smallest absolute Gasteiger partial charge is 0.277 e. The van der Waals surface area contributed by atoms with Gasteiger partial charge < -0.3 is 10.3 Å². The Morgan fingerprint density at radius 1 is 1.55 bits per heavy atom. The Hall–Kier alpha value is -2.13. The van der Waals surface area contributed by atoms with E-state index in [2.05, 4.69) is 25.3 Å². The Balaban J connectivity index is 1.65. The van der Waals surface area contributed by atoms with E-state index in [1.807, 2.05) is 17.5 Å². The van der Waals surface area contributed by atoms with Crippen molar-refractivity contribution in [1.82, 2.24) is 25.3 Å². The molecule has 3 aromatic rings. The van der Waals surface area contributed by atoms with Crippen LogP contribution in [0.3, 0.4) is 0 Å². The number of carbonyl (C=O) groups excluding carboxylic acids is 1. The van der Waals surface area contributed by atoms with E-state index in [0.717, 1.165) is 4.88 Å². The number of nitrogens with one attached hydrogen (secondary N) is 3. The lowest BCUT2D eigenvalue weighted by molar-refractivity contribution is -0.120. The van der Waals surface area contributed by atoms with Crippen LogP contribution in [-0.4, -0.2) is 31.1 Å². The van der Waals surface area contributed by atoms with Crippen LogP contribution >= 0.6 is 23.1 Å². The summed E-state index contributed by atoms with van der Waals surface area (Å²) in [5.41, 5.74) is 0.382. The fourth-order valence-electron chi connectivity index (χ4n) is 1.83. The number of carbonyl (C=O) groups is 1. The van der Waals surface area contributed by atoms with E-state index in [0.29, 0.717) is 22.9 Å². The third kappa shape index (κ3) is 3.20. The van der Waals surface area contributed by atoms with Crippen LogP contribution in [0.25, 0.3) is 11.2 Å². The minimum atomic E-state index is -0.375. The van der Waals surface area contributed by atoms with Gasteiger partial charge in [0.25, 0.3) is 5.56 Å². The molecule has 0 aromatic carbocycles. The van der Waals surface area contributed by atoms with Crippen molar-refractivity contribution in [1.29, 1.82) is 0 Å². The number of nitrogens with zero attached hydrogens (tertiary/aromatic N) is 2. The number of aromatic amines is 2. The predicted molar refractivity (Wildman–Crippen MR) is 86.0 cm³/mol. The monoisotopic (exact) mass is 335 g/mol. The molecule has 0 unspecified atom stereocenters. The molecule has 22 heavy (non-hydrogen) atoms. The summed E-state index contributed by atoms with van der Waals surface area (Å²) in [7, 11) is 0. The molecule has 114 valence electrons. The van der Waals surface area contributed by atoms with Gasteiger partial charge in [-0.3, -0.25) is 14.6 Å². The highest BCUT2D eigenvalue weighted by atomic mass is 32.2. The van der Waals surface area contributed by atoms with E-state index in [-0.39, 0.29) is 16.7 Å². The summed E-state index contributed by atoms with van der Waals surface area (Å²) in [4.78, 5) is 38.5. The number of hydrogen-bond acceptors (Lipinski definition) is 6. The number of fused-ring (bicyclic) bond motifs is 1. The van der Waals surface area contributed by atoms with Gasteiger partial charge in [0, 0.05) is 4.88 Å². The van der Waals surface area contributed by atoms with Gasteiger partial charge in [0.1, 0.15) is 0 Å². The summed E-state index contributed by atoms with van der Waals surface area (Å²) in [6.07, 6.45) is 1.42. The molecule has 9 heteroatoms. The van der Waals surface area contributed by atoms with Gasteiger partial charge in [-0.2, -0.15) is 0 Å². The van der Waals surface area contributed by atoms with Crippen molar-refractivity contribution in [2.24, 2.45) is 0 Å². The molecule has 0 bridgehead atoms. The van der Waals surface area contributed by atoms with Crippen LogP contribution in [0.5, 0.6) is 0 Å². The topological polar surface area (TPSA) is 104 Å². The van der Waals surface area contributed by atoms with Gasteiger partial charge in [0.2, 0.25) is 5.91 Å². The van der Waals surface area contributed by atoms with Crippen LogP contribution in [0.15, 0.2) is 33.8 Å². The van der Waals surface area contributed by atoms with Crippen molar-refractivity contribution in [3.63, 3.8) is 0 Å². The van der Waals surface area contributed by atoms with E-state index in [1.165, 1.54) is 18.1 Å². The molecule has 3 heterocycles. The zero-order chi connectivity index (χ0) is 15.5. The Kier molecular flexibility index (Phi) is 4.25. The molecule has 7 nitrogen and oxygen atoms in total. The second-order valence-electron chi connectivity index (χ2n) is 4.53. The molecule has 0 aliphatic carbocycles. The first-order valence-corrected chi connectivity index (χ1v) is 8.29. The predicted octanol–water partition coefficient (Wildman–Crippen LogP) is 1.50. The third-order valence-corrected chi connectivity index (χ3v) is 4.81. The number of aromatic nitrogens is 4. The standard InChI is InChI=1S/C13H13N5O2S2/c1-7(11(19)14-5-8-3-2-4-21-8)22-13-17-10-9(12(20)18-13)15-6-16-10/h2-4,6-7H,5H2,1H3,(H,14,19)(H2,15,16,17,18,20)/t7-/m0/s1. The highest BCUT2D eigenvalue weighted by molar-refractivity contribution is 8.00. The maximum absolute atomic E-state index is 12.1. The zero-order valence-corrected chi connectivity index (χ0v) is 13.3. The SMILES string of the molecule is C[C@H](Sc1nc2nc[nH]c2c(=O)[nH]1)C(=O)NCc1cccs1. The van der Waals surface area contributed by atoms with Crippen molar-refractivity contribution in [3.05, 3.63) is 39.1 Å². The Bertz CT molecular complexity index is 840. The number of H-pyrrole nitrogens is 2. The van der Waals surface area contributed by atoms with Crippen LogP contribution in [0, 0.1) is 0 Å². The summed E-state index contributed by atoms with van der Waals surface area (Å²) < 4.78 is 0. The molecule has 0 fully saturated rings. The molecule has 0 aliphatic rings. The number of rotatable bonds is 5. The van der Waals surface area contributed by atoms with Gasteiger partial charge in [0.05, 0.1) is 18.1 Å². The quantitative estimate of drug-likeness (QED) is 0.484. The van der Waals surface area contributed by atoms with Crippen LogP contribution < -0.4 is 10.9 Å². The van der Waals surface area contributed by atoms with Crippen LogP contribution in [0.4, 0.5) is 0 Å². The number of thioether (sulfide) groups is 1. The van der Waals surface area contributed by atoms with E-state index >= 15 is 0 Å². The summed E-state index contributed by atoms with van der Waals surface area (Å²) in [6, 6.07) is 3.91. The second-order valence-corrected chi connectivity index (χ2v) is 6.89. The molecule has 1 atom stereocenters. The maximum atomic E-state index is 12.1. The number of imidazole rings is 1. The first-order valence-electron chi connectivity index (χ1n) is 6.53. The van der Waals surface area contributed by atoms with Gasteiger partial charge in [-0.05, 0) is 18.4 Å². The van der Waals surface area contributed by atoms with Crippen LogP contribution in [-0.2, 0) is 11.3 Å². The molecule has 0 saturated heterocycles. The van der Waals surface area contributed by atoms with Gasteiger partial charge in [-0.1, -0.05) is 17.8 Å². The number of hydrogen-bond donors (Lipinski definition) is 3.